The molecule has 1 heterocycles. The van der Waals surface area contributed by atoms with Crippen LogP contribution < -0.4 is 5.32 Å². The van der Waals surface area contributed by atoms with E-state index < -0.39 is 30.6 Å². The lowest BCUT2D eigenvalue weighted by molar-refractivity contribution is -0.141. The van der Waals surface area contributed by atoms with Crippen LogP contribution in [0.4, 0.5) is 13.2 Å². The molecule has 0 aliphatic rings. The Balaban J connectivity index is 2.81. The van der Waals surface area contributed by atoms with Gasteiger partial charge in [-0.1, -0.05) is 0 Å². The zero-order chi connectivity index (χ0) is 13.9. The topological polar surface area (TPSA) is 71.3 Å². The third kappa shape index (κ3) is 3.79. The Bertz CT molecular complexity index is 453. The Morgan fingerprint density at radius 1 is 1.50 bits per heavy atom. The fourth-order valence-corrected chi connectivity index (χ4v) is 1.28. The highest BCUT2D eigenvalue weighted by molar-refractivity contribution is 5.95. The molecule has 100 valence electrons. The highest BCUT2D eigenvalue weighted by atomic mass is 19.4. The molecule has 0 spiro atoms. The quantitative estimate of drug-likeness (QED) is 0.859. The number of carboxylic acids is 1. The number of carbonyl (C=O) groups is 2. The van der Waals surface area contributed by atoms with Crippen molar-refractivity contribution < 1.29 is 27.9 Å². The Labute approximate surface area is 100 Å². The smallest absolute Gasteiger partial charge is 0.406 e. The highest BCUT2D eigenvalue weighted by Gasteiger charge is 2.29. The van der Waals surface area contributed by atoms with Gasteiger partial charge in [-0.3, -0.25) is 9.59 Å². The average Bonchev–Trinajstić information content (AvgIpc) is 2.62. The van der Waals surface area contributed by atoms with Crippen LogP contribution in [0.15, 0.2) is 18.3 Å². The van der Waals surface area contributed by atoms with Gasteiger partial charge in [-0.05, 0) is 19.1 Å². The van der Waals surface area contributed by atoms with Crippen molar-refractivity contribution in [2.75, 3.05) is 0 Å². The van der Waals surface area contributed by atoms with Gasteiger partial charge in [0.15, 0.2) is 0 Å². The Kier molecular flexibility index (Phi) is 4.00. The second-order valence-electron chi connectivity index (χ2n) is 3.67. The molecule has 1 atom stereocenters. The average molecular weight is 264 g/mol. The second-order valence-corrected chi connectivity index (χ2v) is 3.67. The summed E-state index contributed by atoms with van der Waals surface area (Å²) in [5.41, 5.74) is -0.236. The van der Waals surface area contributed by atoms with E-state index in [-0.39, 0.29) is 5.69 Å². The van der Waals surface area contributed by atoms with E-state index in [9.17, 15) is 22.8 Å². The molecule has 18 heavy (non-hydrogen) atoms. The molecule has 1 rings (SSSR count). The van der Waals surface area contributed by atoms with E-state index in [4.69, 9.17) is 5.11 Å². The van der Waals surface area contributed by atoms with Gasteiger partial charge in [-0.2, -0.15) is 13.2 Å². The summed E-state index contributed by atoms with van der Waals surface area (Å²) in [5.74, 6) is -2.13. The molecule has 0 saturated carbocycles. The molecule has 0 aliphatic heterocycles. The number of rotatable bonds is 4. The standard InChI is InChI=1S/C10H11F3N2O3/c1-6(9(17)18)14-8(16)7-3-2-4-15(7)5-10(11,12)13/h2-4,6H,5H2,1H3,(H,14,16)(H,17,18). The van der Waals surface area contributed by atoms with E-state index in [0.717, 1.165) is 6.20 Å². The molecule has 0 fully saturated rings. The number of hydrogen-bond acceptors (Lipinski definition) is 2. The SMILES string of the molecule is CC(NC(=O)c1cccn1CC(F)(F)F)C(=O)O. The number of aliphatic carboxylic acids is 1. The third-order valence-corrected chi connectivity index (χ3v) is 2.13. The summed E-state index contributed by atoms with van der Waals surface area (Å²) in [6.45, 7) is -0.0819. The molecule has 1 aromatic rings. The number of hydrogen-bond donors (Lipinski definition) is 2. The molecule has 2 N–H and O–H groups in total. The normalized spacial score (nSPS) is 13.1. The van der Waals surface area contributed by atoms with Crippen LogP contribution in [0.5, 0.6) is 0 Å². The number of nitrogens with zero attached hydrogens (tertiary/aromatic N) is 1. The van der Waals surface area contributed by atoms with Crippen LogP contribution in [0.3, 0.4) is 0 Å². The lowest BCUT2D eigenvalue weighted by Crippen LogP contribution is -2.39. The van der Waals surface area contributed by atoms with Gasteiger partial charge < -0.3 is 15.0 Å². The van der Waals surface area contributed by atoms with Gasteiger partial charge in [-0.15, -0.1) is 0 Å². The van der Waals surface area contributed by atoms with E-state index in [2.05, 4.69) is 5.32 Å². The predicted octanol–water partition coefficient (Wildman–Crippen LogP) is 1.25. The molecule has 8 heteroatoms. The van der Waals surface area contributed by atoms with Crippen molar-refractivity contribution >= 4 is 11.9 Å². The lowest BCUT2D eigenvalue weighted by atomic mass is 10.3. The van der Waals surface area contributed by atoms with Gasteiger partial charge in [0.05, 0.1) is 0 Å². The van der Waals surface area contributed by atoms with Gasteiger partial charge in [0.25, 0.3) is 5.91 Å². The number of amides is 1. The van der Waals surface area contributed by atoms with Crippen LogP contribution in [-0.4, -0.2) is 33.8 Å². The van der Waals surface area contributed by atoms with Gasteiger partial charge in [0, 0.05) is 6.20 Å². The molecule has 1 unspecified atom stereocenters. The van der Waals surface area contributed by atoms with Crippen molar-refractivity contribution in [3.8, 4) is 0 Å². The molecule has 1 amide bonds. The van der Waals surface area contributed by atoms with Crippen molar-refractivity contribution in [1.82, 2.24) is 9.88 Å². The molecule has 0 aromatic carbocycles. The van der Waals surface area contributed by atoms with Crippen LogP contribution in [0, 0.1) is 0 Å². The van der Waals surface area contributed by atoms with Crippen molar-refractivity contribution in [1.29, 1.82) is 0 Å². The van der Waals surface area contributed by atoms with Crippen molar-refractivity contribution in [2.45, 2.75) is 25.7 Å². The van der Waals surface area contributed by atoms with Crippen LogP contribution in [0.2, 0.25) is 0 Å². The summed E-state index contributed by atoms with van der Waals surface area (Å²) in [6.07, 6.45) is -3.35. The Hall–Kier alpha value is -1.99. The fourth-order valence-electron chi connectivity index (χ4n) is 1.28. The zero-order valence-corrected chi connectivity index (χ0v) is 9.36. The molecule has 1 aromatic heterocycles. The predicted molar refractivity (Wildman–Crippen MR) is 55.1 cm³/mol. The van der Waals surface area contributed by atoms with Gasteiger partial charge >= 0.3 is 12.1 Å². The molecular weight excluding hydrogens is 253 g/mol. The molecule has 0 bridgehead atoms. The summed E-state index contributed by atoms with van der Waals surface area (Å²) in [7, 11) is 0. The Morgan fingerprint density at radius 2 is 2.11 bits per heavy atom. The summed E-state index contributed by atoms with van der Waals surface area (Å²) in [5, 5.41) is 10.7. The van der Waals surface area contributed by atoms with Gasteiger partial charge in [0.2, 0.25) is 0 Å². The number of carboxylic acid groups (broad SMARTS) is 1. The van der Waals surface area contributed by atoms with E-state index >= 15 is 0 Å². The molecule has 5 nitrogen and oxygen atoms in total. The summed E-state index contributed by atoms with van der Waals surface area (Å²) >= 11 is 0. The van der Waals surface area contributed by atoms with Crippen molar-refractivity contribution in [2.24, 2.45) is 0 Å². The van der Waals surface area contributed by atoms with E-state index in [1.165, 1.54) is 19.1 Å². The van der Waals surface area contributed by atoms with Crippen LogP contribution >= 0.6 is 0 Å². The molecule has 0 saturated heterocycles. The van der Waals surface area contributed by atoms with E-state index in [0.29, 0.717) is 4.57 Å². The van der Waals surface area contributed by atoms with Gasteiger partial charge in [-0.25, -0.2) is 0 Å². The van der Waals surface area contributed by atoms with Crippen LogP contribution in [-0.2, 0) is 11.3 Å². The van der Waals surface area contributed by atoms with Crippen molar-refractivity contribution in [3.05, 3.63) is 24.0 Å². The zero-order valence-electron chi connectivity index (χ0n) is 9.36. The number of aromatic nitrogens is 1. The maximum Gasteiger partial charge on any atom is 0.406 e. The highest BCUT2D eigenvalue weighted by Crippen LogP contribution is 2.19. The first-order chi connectivity index (χ1) is 8.20. The minimum atomic E-state index is -4.45. The summed E-state index contributed by atoms with van der Waals surface area (Å²) in [4.78, 5) is 22.1. The maximum absolute atomic E-state index is 12.2. The molecular formula is C10H11F3N2O3. The number of alkyl halides is 3. The van der Waals surface area contributed by atoms with Crippen LogP contribution in [0.1, 0.15) is 17.4 Å². The first kappa shape index (κ1) is 14.1. The van der Waals surface area contributed by atoms with E-state index in [1.807, 2.05) is 0 Å². The fraction of sp³-hybridized carbons (Fsp3) is 0.400. The largest absolute Gasteiger partial charge is 0.480 e. The molecule has 0 aliphatic carbocycles. The summed E-state index contributed by atoms with van der Waals surface area (Å²) in [6, 6.07) is 1.30. The number of nitrogens with one attached hydrogen (secondary N) is 1. The third-order valence-electron chi connectivity index (χ3n) is 2.13. The van der Waals surface area contributed by atoms with Gasteiger partial charge in [0.1, 0.15) is 18.3 Å². The van der Waals surface area contributed by atoms with E-state index in [1.54, 1.807) is 0 Å². The lowest BCUT2D eigenvalue weighted by Gasteiger charge is -2.13. The number of halogens is 3. The van der Waals surface area contributed by atoms with Crippen LogP contribution in [0.25, 0.3) is 0 Å². The Morgan fingerprint density at radius 3 is 2.61 bits per heavy atom. The first-order valence-electron chi connectivity index (χ1n) is 4.96. The minimum absolute atomic E-state index is 0.236. The molecule has 0 radical (unpaired) electrons. The number of carbonyl (C=O) groups excluding carboxylic acids is 1. The second kappa shape index (κ2) is 5.11. The summed E-state index contributed by atoms with van der Waals surface area (Å²) < 4.78 is 37.3. The first-order valence-corrected chi connectivity index (χ1v) is 4.96. The minimum Gasteiger partial charge on any atom is -0.480 e. The maximum atomic E-state index is 12.2. The monoisotopic (exact) mass is 264 g/mol. The van der Waals surface area contributed by atoms with Crippen molar-refractivity contribution in [3.63, 3.8) is 0 Å².